The van der Waals surface area contributed by atoms with Gasteiger partial charge in [0, 0.05) is 16.0 Å². The van der Waals surface area contributed by atoms with Crippen LogP contribution in [0.15, 0.2) is 22.7 Å². The van der Waals surface area contributed by atoms with Gasteiger partial charge in [-0.2, -0.15) is 0 Å². The molecule has 1 fully saturated rings. The van der Waals surface area contributed by atoms with Crippen LogP contribution in [0.4, 0.5) is 5.69 Å². The van der Waals surface area contributed by atoms with Crippen LogP contribution in [-0.4, -0.2) is 10.9 Å². The average Bonchev–Trinajstić information content (AvgIpc) is 2.98. The van der Waals surface area contributed by atoms with Gasteiger partial charge in [0.05, 0.1) is 5.69 Å². The number of thiocarbonyl (C=S) groups is 1. The van der Waals surface area contributed by atoms with Crippen LogP contribution in [0.1, 0.15) is 18.9 Å². The van der Waals surface area contributed by atoms with E-state index in [-0.39, 0.29) is 11.8 Å². The van der Waals surface area contributed by atoms with Gasteiger partial charge < -0.3 is 11.1 Å². The molecule has 3 nitrogen and oxygen atoms in total. The van der Waals surface area contributed by atoms with Gasteiger partial charge in [0.1, 0.15) is 4.99 Å². The molecule has 1 aliphatic rings. The van der Waals surface area contributed by atoms with Crippen molar-refractivity contribution in [3.63, 3.8) is 0 Å². The Bertz CT molecular complexity index is 489. The zero-order chi connectivity index (χ0) is 12.6. The summed E-state index contributed by atoms with van der Waals surface area (Å²) in [5, 5.41) is 2.90. The molecule has 1 amide bonds. The average molecular weight is 313 g/mol. The van der Waals surface area contributed by atoms with E-state index in [2.05, 4.69) is 28.2 Å². The Morgan fingerprint density at radius 3 is 2.71 bits per heavy atom. The van der Waals surface area contributed by atoms with Crippen molar-refractivity contribution in [3.8, 4) is 0 Å². The lowest BCUT2D eigenvalue weighted by atomic mass is 10.2. The molecular weight excluding hydrogens is 300 g/mol. The van der Waals surface area contributed by atoms with Crippen molar-refractivity contribution >= 4 is 44.7 Å². The van der Waals surface area contributed by atoms with Crippen LogP contribution in [-0.2, 0) is 4.79 Å². The van der Waals surface area contributed by atoms with E-state index in [1.807, 2.05) is 12.1 Å². The molecule has 1 aliphatic carbocycles. The first-order valence-electron chi connectivity index (χ1n) is 5.39. The summed E-state index contributed by atoms with van der Waals surface area (Å²) in [6, 6.07) is 5.43. The Labute approximate surface area is 114 Å². The van der Waals surface area contributed by atoms with Crippen LogP contribution in [0.5, 0.6) is 0 Å². The third kappa shape index (κ3) is 2.84. The summed E-state index contributed by atoms with van der Waals surface area (Å²) in [6.07, 6.45) is 0.981. The fourth-order valence-electron chi connectivity index (χ4n) is 1.68. The number of rotatable bonds is 3. The van der Waals surface area contributed by atoms with E-state index in [0.717, 1.165) is 22.1 Å². The number of hydrogen-bond acceptors (Lipinski definition) is 2. The SMILES string of the molecule is CC1CC1C(=O)Nc1ccc(C(N)=S)cc1Br. The molecule has 0 bridgehead atoms. The van der Waals surface area contributed by atoms with Gasteiger partial charge in [-0.3, -0.25) is 4.79 Å². The zero-order valence-corrected chi connectivity index (χ0v) is 11.8. The second kappa shape index (κ2) is 4.74. The second-order valence-electron chi connectivity index (χ2n) is 4.37. The number of benzene rings is 1. The second-order valence-corrected chi connectivity index (χ2v) is 5.66. The Balaban J connectivity index is 2.11. The summed E-state index contributed by atoms with van der Waals surface area (Å²) in [4.78, 5) is 12.1. The van der Waals surface area contributed by atoms with Gasteiger partial charge in [-0.1, -0.05) is 19.1 Å². The number of halogens is 1. The van der Waals surface area contributed by atoms with Crippen LogP contribution in [0.25, 0.3) is 0 Å². The molecule has 1 aromatic carbocycles. The summed E-state index contributed by atoms with van der Waals surface area (Å²) in [5.41, 5.74) is 7.07. The summed E-state index contributed by atoms with van der Waals surface area (Å²) in [5.74, 6) is 0.753. The molecule has 1 aromatic rings. The molecule has 0 aromatic heterocycles. The predicted molar refractivity (Wildman–Crippen MR) is 75.9 cm³/mol. The third-order valence-corrected chi connectivity index (χ3v) is 3.85. The predicted octanol–water partition coefficient (Wildman–Crippen LogP) is 2.68. The van der Waals surface area contributed by atoms with E-state index in [1.54, 1.807) is 6.07 Å². The summed E-state index contributed by atoms with van der Waals surface area (Å²) < 4.78 is 0.796. The van der Waals surface area contributed by atoms with Crippen LogP contribution in [0.2, 0.25) is 0 Å². The first-order chi connectivity index (χ1) is 7.99. The van der Waals surface area contributed by atoms with Crippen LogP contribution < -0.4 is 11.1 Å². The minimum absolute atomic E-state index is 0.0845. The van der Waals surface area contributed by atoms with Crippen molar-refractivity contribution in [1.29, 1.82) is 0 Å². The van der Waals surface area contributed by atoms with E-state index < -0.39 is 0 Å². The zero-order valence-electron chi connectivity index (χ0n) is 9.37. The van der Waals surface area contributed by atoms with Crippen molar-refractivity contribution in [2.75, 3.05) is 5.32 Å². The van der Waals surface area contributed by atoms with Crippen LogP contribution in [0.3, 0.4) is 0 Å². The maximum absolute atomic E-state index is 11.8. The number of carbonyl (C=O) groups is 1. The van der Waals surface area contributed by atoms with E-state index in [9.17, 15) is 4.79 Å². The van der Waals surface area contributed by atoms with Gasteiger partial charge in [0.15, 0.2) is 0 Å². The van der Waals surface area contributed by atoms with Crippen LogP contribution >= 0.6 is 28.1 Å². The molecule has 3 N–H and O–H groups in total. The van der Waals surface area contributed by atoms with Crippen molar-refractivity contribution in [2.24, 2.45) is 17.6 Å². The highest BCUT2D eigenvalue weighted by atomic mass is 79.9. The van der Waals surface area contributed by atoms with E-state index in [4.69, 9.17) is 18.0 Å². The normalized spacial score (nSPS) is 22.0. The monoisotopic (exact) mass is 312 g/mol. The first kappa shape index (κ1) is 12.5. The van der Waals surface area contributed by atoms with Gasteiger partial charge in [-0.05, 0) is 46.5 Å². The van der Waals surface area contributed by atoms with Gasteiger partial charge in [-0.25, -0.2) is 0 Å². The highest BCUT2D eigenvalue weighted by molar-refractivity contribution is 9.10. The fourth-order valence-corrected chi connectivity index (χ4v) is 2.29. The Hall–Kier alpha value is -0.940. The number of hydrogen-bond donors (Lipinski definition) is 2. The topological polar surface area (TPSA) is 55.1 Å². The smallest absolute Gasteiger partial charge is 0.227 e. The fraction of sp³-hybridized carbons (Fsp3) is 0.333. The van der Waals surface area contributed by atoms with E-state index in [0.29, 0.717) is 10.9 Å². The van der Waals surface area contributed by atoms with Gasteiger partial charge in [0.25, 0.3) is 0 Å². The van der Waals surface area contributed by atoms with Gasteiger partial charge >= 0.3 is 0 Å². The van der Waals surface area contributed by atoms with E-state index >= 15 is 0 Å². The van der Waals surface area contributed by atoms with Crippen molar-refractivity contribution < 1.29 is 4.79 Å². The number of anilines is 1. The lowest BCUT2D eigenvalue weighted by Crippen LogP contribution is -2.15. The first-order valence-corrected chi connectivity index (χ1v) is 6.59. The highest BCUT2D eigenvalue weighted by Crippen LogP contribution is 2.39. The molecule has 17 heavy (non-hydrogen) atoms. The minimum atomic E-state index is 0.0845. The molecule has 5 heteroatoms. The third-order valence-electron chi connectivity index (χ3n) is 2.96. The summed E-state index contributed by atoms with van der Waals surface area (Å²) >= 11 is 8.29. The molecule has 0 heterocycles. The van der Waals surface area contributed by atoms with Gasteiger partial charge in [-0.15, -0.1) is 0 Å². The molecule has 0 saturated heterocycles. The van der Waals surface area contributed by atoms with Crippen LogP contribution in [0, 0.1) is 11.8 Å². The maximum atomic E-state index is 11.8. The lowest BCUT2D eigenvalue weighted by molar-refractivity contribution is -0.117. The molecule has 0 aliphatic heterocycles. The number of carbonyl (C=O) groups excluding carboxylic acids is 1. The van der Waals surface area contributed by atoms with Crippen molar-refractivity contribution in [1.82, 2.24) is 0 Å². The Morgan fingerprint density at radius 2 is 2.24 bits per heavy atom. The molecule has 2 atom stereocenters. The van der Waals surface area contributed by atoms with Crippen molar-refractivity contribution in [3.05, 3.63) is 28.2 Å². The summed E-state index contributed by atoms with van der Waals surface area (Å²) in [7, 11) is 0. The lowest BCUT2D eigenvalue weighted by Gasteiger charge is -2.08. The highest BCUT2D eigenvalue weighted by Gasteiger charge is 2.39. The van der Waals surface area contributed by atoms with Crippen molar-refractivity contribution in [2.45, 2.75) is 13.3 Å². The molecule has 0 radical (unpaired) electrons. The molecular formula is C12H13BrN2OS. The quantitative estimate of drug-likeness (QED) is 0.844. The number of amides is 1. The van der Waals surface area contributed by atoms with E-state index in [1.165, 1.54) is 0 Å². The summed E-state index contributed by atoms with van der Waals surface area (Å²) in [6.45, 7) is 2.08. The molecule has 0 spiro atoms. The molecule has 2 rings (SSSR count). The molecule has 1 saturated carbocycles. The Kier molecular flexibility index (Phi) is 3.49. The standard InChI is InChI=1S/C12H13BrN2OS/c1-6-4-8(6)12(16)15-10-3-2-7(11(14)17)5-9(10)13/h2-3,5-6,8H,4H2,1H3,(H2,14,17)(H,15,16). The largest absolute Gasteiger partial charge is 0.389 e. The number of nitrogens with one attached hydrogen (secondary N) is 1. The molecule has 2 unspecified atom stereocenters. The minimum Gasteiger partial charge on any atom is -0.389 e. The number of nitrogens with two attached hydrogens (primary N) is 1. The van der Waals surface area contributed by atoms with Gasteiger partial charge in [0.2, 0.25) is 5.91 Å². The maximum Gasteiger partial charge on any atom is 0.227 e. The molecule has 90 valence electrons. The Morgan fingerprint density at radius 1 is 1.59 bits per heavy atom.